The lowest BCUT2D eigenvalue weighted by atomic mass is 9.87. The molecule has 7 nitrogen and oxygen atoms in total. The van der Waals surface area contributed by atoms with Gasteiger partial charge in [-0.15, -0.1) is 0 Å². The van der Waals surface area contributed by atoms with E-state index in [9.17, 15) is 14.4 Å². The van der Waals surface area contributed by atoms with Crippen LogP contribution in [0, 0.1) is 5.92 Å². The van der Waals surface area contributed by atoms with Crippen LogP contribution in [0.3, 0.4) is 0 Å². The number of carbonyl (C=O) groups excluding carboxylic acids is 1. The number of amides is 1. The van der Waals surface area contributed by atoms with Crippen LogP contribution in [0.25, 0.3) is 0 Å². The third-order valence-electron chi connectivity index (χ3n) is 2.92. The Balaban J connectivity index is 2.34. The molecule has 0 aliphatic heterocycles. The molecule has 0 bridgehead atoms. The van der Waals surface area contributed by atoms with Gasteiger partial charge < -0.3 is 5.11 Å². The van der Waals surface area contributed by atoms with Gasteiger partial charge in [0.05, 0.1) is 11.6 Å². The summed E-state index contributed by atoms with van der Waals surface area (Å²) >= 11 is 0. The van der Waals surface area contributed by atoms with Gasteiger partial charge in [-0.05, 0) is 19.3 Å². The molecule has 0 aromatic carbocycles. The van der Waals surface area contributed by atoms with E-state index in [2.05, 4.69) is 15.3 Å². The third-order valence-corrected chi connectivity index (χ3v) is 2.92. The molecule has 18 heavy (non-hydrogen) atoms. The number of carboxylic acids is 1. The lowest BCUT2D eigenvalue weighted by molar-refractivity contribution is -0.142. The average Bonchev–Trinajstić information content (AvgIpc) is 2.27. The molecule has 0 saturated carbocycles. The van der Waals surface area contributed by atoms with Gasteiger partial charge >= 0.3 is 5.97 Å². The van der Waals surface area contributed by atoms with Crippen LogP contribution in [0.15, 0.2) is 4.79 Å². The molecule has 7 heteroatoms. The minimum atomic E-state index is -0.897. The van der Waals surface area contributed by atoms with E-state index in [0.717, 1.165) is 0 Å². The maximum absolute atomic E-state index is 11.8. The summed E-state index contributed by atoms with van der Waals surface area (Å²) in [6.07, 6.45) is 1.08. The van der Waals surface area contributed by atoms with Crippen molar-refractivity contribution in [3.05, 3.63) is 21.6 Å². The largest absolute Gasteiger partial charge is 0.481 e. The van der Waals surface area contributed by atoms with Crippen LogP contribution in [-0.2, 0) is 22.4 Å². The summed E-state index contributed by atoms with van der Waals surface area (Å²) in [6.45, 7) is 1.32. The van der Waals surface area contributed by atoms with Gasteiger partial charge in [-0.2, -0.15) is 0 Å². The summed E-state index contributed by atoms with van der Waals surface area (Å²) in [5, 5.41) is 11.3. The Bertz CT molecular complexity index is 564. The van der Waals surface area contributed by atoms with Gasteiger partial charge in [-0.1, -0.05) is 0 Å². The van der Waals surface area contributed by atoms with Gasteiger partial charge in [-0.3, -0.25) is 24.7 Å². The van der Waals surface area contributed by atoms with Gasteiger partial charge in [0, 0.05) is 12.5 Å². The van der Waals surface area contributed by atoms with Crippen molar-refractivity contribution >= 4 is 17.8 Å². The Morgan fingerprint density at radius 1 is 1.50 bits per heavy atom. The van der Waals surface area contributed by atoms with Crippen molar-refractivity contribution in [2.45, 2.75) is 26.2 Å². The Labute approximate surface area is 102 Å². The Hall–Kier alpha value is -2.18. The van der Waals surface area contributed by atoms with Gasteiger partial charge in [0.25, 0.3) is 5.56 Å². The first-order valence-electron chi connectivity index (χ1n) is 5.60. The first kappa shape index (κ1) is 12.3. The molecular formula is C11H13N3O4. The number of anilines is 1. The highest BCUT2D eigenvalue weighted by Gasteiger charge is 2.27. The van der Waals surface area contributed by atoms with Crippen molar-refractivity contribution in [3.63, 3.8) is 0 Å². The number of hydrogen-bond acceptors (Lipinski definition) is 4. The molecule has 0 saturated heterocycles. The molecule has 0 radical (unpaired) electrons. The van der Waals surface area contributed by atoms with E-state index in [0.29, 0.717) is 24.1 Å². The number of H-pyrrole nitrogens is 1. The molecule has 1 aromatic rings. The summed E-state index contributed by atoms with van der Waals surface area (Å²) in [6, 6.07) is 0. The SMILES string of the molecule is CC(=O)Nc1nc2c(c(=O)[nH]1)CC(C(=O)O)CC2. The first-order valence-corrected chi connectivity index (χ1v) is 5.60. The summed E-state index contributed by atoms with van der Waals surface area (Å²) in [7, 11) is 0. The second-order valence-electron chi connectivity index (χ2n) is 4.30. The zero-order chi connectivity index (χ0) is 13.3. The zero-order valence-corrected chi connectivity index (χ0v) is 9.82. The molecule has 96 valence electrons. The minimum Gasteiger partial charge on any atom is -0.481 e. The zero-order valence-electron chi connectivity index (χ0n) is 9.82. The summed E-state index contributed by atoms with van der Waals surface area (Å²) in [5.74, 6) is -1.64. The highest BCUT2D eigenvalue weighted by Crippen LogP contribution is 2.22. The highest BCUT2D eigenvalue weighted by molar-refractivity contribution is 5.86. The fourth-order valence-corrected chi connectivity index (χ4v) is 2.06. The van der Waals surface area contributed by atoms with Crippen molar-refractivity contribution < 1.29 is 14.7 Å². The van der Waals surface area contributed by atoms with E-state index in [1.54, 1.807) is 0 Å². The number of hydrogen-bond donors (Lipinski definition) is 3. The van der Waals surface area contributed by atoms with E-state index in [-0.39, 0.29) is 23.8 Å². The number of carboxylic acid groups (broad SMARTS) is 1. The average molecular weight is 251 g/mol. The standard InChI is InChI=1S/C11H13N3O4/c1-5(15)12-11-13-8-3-2-6(10(17)18)4-7(8)9(16)14-11/h6H,2-4H2,1H3,(H,17,18)(H2,12,13,14,15,16). The molecule has 1 aliphatic rings. The van der Waals surface area contributed by atoms with Crippen LogP contribution in [0.2, 0.25) is 0 Å². The predicted octanol–water partition coefficient (Wildman–Crippen LogP) is -0.0822. The number of aliphatic carboxylic acids is 1. The fraction of sp³-hybridized carbons (Fsp3) is 0.455. The smallest absolute Gasteiger partial charge is 0.306 e. The lowest BCUT2D eigenvalue weighted by Crippen LogP contribution is -2.30. The highest BCUT2D eigenvalue weighted by atomic mass is 16.4. The van der Waals surface area contributed by atoms with E-state index in [1.807, 2.05) is 0 Å². The van der Waals surface area contributed by atoms with Crippen LogP contribution in [0.5, 0.6) is 0 Å². The summed E-state index contributed by atoms with van der Waals surface area (Å²) in [5.41, 5.74) is 0.595. The Morgan fingerprint density at radius 2 is 2.22 bits per heavy atom. The predicted molar refractivity (Wildman–Crippen MR) is 62.3 cm³/mol. The van der Waals surface area contributed by atoms with Gasteiger partial charge in [-0.25, -0.2) is 4.98 Å². The number of aromatic amines is 1. The van der Waals surface area contributed by atoms with Crippen LogP contribution >= 0.6 is 0 Å². The molecular weight excluding hydrogens is 238 g/mol. The van der Waals surface area contributed by atoms with Crippen LogP contribution in [0.4, 0.5) is 5.95 Å². The van der Waals surface area contributed by atoms with Gasteiger partial charge in [0.15, 0.2) is 0 Å². The Morgan fingerprint density at radius 3 is 2.83 bits per heavy atom. The molecule has 1 amide bonds. The second-order valence-corrected chi connectivity index (χ2v) is 4.30. The van der Waals surface area contributed by atoms with E-state index < -0.39 is 11.9 Å². The summed E-state index contributed by atoms with van der Waals surface area (Å²) in [4.78, 5) is 40.1. The Kier molecular flexibility index (Phi) is 3.14. The number of fused-ring (bicyclic) bond motifs is 1. The monoisotopic (exact) mass is 251 g/mol. The van der Waals surface area contributed by atoms with Gasteiger partial charge in [0.1, 0.15) is 0 Å². The second kappa shape index (κ2) is 4.59. The molecule has 0 fully saturated rings. The van der Waals surface area contributed by atoms with Gasteiger partial charge in [0.2, 0.25) is 11.9 Å². The molecule has 2 rings (SSSR count). The third kappa shape index (κ3) is 2.39. The summed E-state index contributed by atoms with van der Waals surface area (Å²) < 4.78 is 0. The van der Waals surface area contributed by atoms with Crippen LogP contribution in [-0.4, -0.2) is 27.0 Å². The topological polar surface area (TPSA) is 112 Å². The van der Waals surface area contributed by atoms with Crippen LogP contribution < -0.4 is 10.9 Å². The molecule has 1 aromatic heterocycles. The maximum Gasteiger partial charge on any atom is 0.306 e. The lowest BCUT2D eigenvalue weighted by Gasteiger charge is -2.20. The number of nitrogens with one attached hydrogen (secondary N) is 2. The molecule has 1 aliphatic carbocycles. The van der Waals surface area contributed by atoms with Crippen LogP contribution in [0.1, 0.15) is 24.6 Å². The molecule has 1 unspecified atom stereocenters. The van der Waals surface area contributed by atoms with E-state index in [1.165, 1.54) is 6.92 Å². The van der Waals surface area contributed by atoms with Crippen molar-refractivity contribution in [1.82, 2.24) is 9.97 Å². The molecule has 3 N–H and O–H groups in total. The number of carbonyl (C=O) groups is 2. The van der Waals surface area contributed by atoms with E-state index >= 15 is 0 Å². The number of nitrogens with zero attached hydrogens (tertiary/aromatic N) is 1. The quantitative estimate of drug-likeness (QED) is 0.680. The van der Waals surface area contributed by atoms with Crippen molar-refractivity contribution in [3.8, 4) is 0 Å². The molecule has 0 spiro atoms. The normalized spacial score (nSPS) is 17.9. The maximum atomic E-state index is 11.8. The number of aromatic nitrogens is 2. The molecule has 1 heterocycles. The van der Waals surface area contributed by atoms with Crippen molar-refractivity contribution in [2.75, 3.05) is 5.32 Å². The van der Waals surface area contributed by atoms with Crippen molar-refractivity contribution in [1.29, 1.82) is 0 Å². The molecule has 1 atom stereocenters. The van der Waals surface area contributed by atoms with E-state index in [4.69, 9.17) is 5.11 Å². The first-order chi connectivity index (χ1) is 8.47. The minimum absolute atomic E-state index is 0.111. The number of aryl methyl sites for hydroxylation is 1. The number of rotatable bonds is 2. The van der Waals surface area contributed by atoms with Crippen molar-refractivity contribution in [2.24, 2.45) is 5.92 Å². The fourth-order valence-electron chi connectivity index (χ4n) is 2.06.